The third kappa shape index (κ3) is 2.95. The first-order chi connectivity index (χ1) is 10.3. The summed E-state index contributed by atoms with van der Waals surface area (Å²) in [7, 11) is 0. The van der Waals surface area contributed by atoms with Crippen LogP contribution in [0.5, 0.6) is 5.88 Å². The summed E-state index contributed by atoms with van der Waals surface area (Å²) in [4.78, 5) is 15.1. The van der Waals surface area contributed by atoms with Gasteiger partial charge in [-0.15, -0.1) is 11.3 Å². The number of nitrogens with zero attached hydrogens (tertiary/aromatic N) is 3. The highest BCUT2D eigenvalue weighted by atomic mass is 32.1. The molecule has 3 rings (SSSR count). The van der Waals surface area contributed by atoms with E-state index in [-0.39, 0.29) is 0 Å². The van der Waals surface area contributed by atoms with Crippen molar-refractivity contribution in [2.45, 2.75) is 20.4 Å². The molecule has 3 aromatic heterocycles. The molecule has 0 spiro atoms. The van der Waals surface area contributed by atoms with E-state index in [0.717, 1.165) is 21.6 Å². The van der Waals surface area contributed by atoms with E-state index >= 15 is 0 Å². The lowest BCUT2D eigenvalue weighted by atomic mass is 10.2. The van der Waals surface area contributed by atoms with E-state index < -0.39 is 0 Å². The van der Waals surface area contributed by atoms with Crippen molar-refractivity contribution in [1.29, 1.82) is 0 Å². The number of ether oxygens (including phenoxy) is 1. The number of aryl methyl sites for hydroxylation is 1. The highest BCUT2D eigenvalue weighted by Crippen LogP contribution is 2.28. The molecule has 0 saturated carbocycles. The Morgan fingerprint density at radius 2 is 2.19 bits per heavy atom. The molecule has 108 valence electrons. The number of nitrogens with one attached hydrogen (secondary N) is 1. The zero-order chi connectivity index (χ0) is 14.7. The van der Waals surface area contributed by atoms with E-state index in [9.17, 15) is 0 Å². The maximum Gasteiger partial charge on any atom is 0.218 e. The van der Waals surface area contributed by atoms with Crippen LogP contribution >= 0.6 is 11.3 Å². The first-order valence-corrected chi connectivity index (χ1v) is 7.61. The van der Waals surface area contributed by atoms with Gasteiger partial charge in [0.05, 0.1) is 12.0 Å². The first-order valence-electron chi connectivity index (χ1n) is 6.79. The minimum absolute atomic E-state index is 0.603. The van der Waals surface area contributed by atoms with Gasteiger partial charge in [-0.05, 0) is 26.0 Å². The standard InChI is InChI=1S/C15H16N4OS/c1-3-20-14-11(5-4-6-16-14)8-17-13-12-7-10(2)21-15(12)19-9-18-13/h4-7,9H,3,8H2,1-2H3,(H,17,18,19). The van der Waals surface area contributed by atoms with Gasteiger partial charge in [-0.2, -0.15) is 0 Å². The lowest BCUT2D eigenvalue weighted by molar-refractivity contribution is 0.323. The van der Waals surface area contributed by atoms with Gasteiger partial charge in [-0.25, -0.2) is 15.0 Å². The van der Waals surface area contributed by atoms with Crippen LogP contribution < -0.4 is 10.1 Å². The number of aromatic nitrogens is 3. The van der Waals surface area contributed by atoms with Gasteiger partial charge < -0.3 is 10.1 Å². The molecule has 0 aliphatic carbocycles. The van der Waals surface area contributed by atoms with E-state index in [1.165, 1.54) is 4.88 Å². The van der Waals surface area contributed by atoms with Crippen molar-refractivity contribution in [3.05, 3.63) is 41.2 Å². The number of anilines is 1. The molecular formula is C15H16N4OS. The number of hydrogen-bond acceptors (Lipinski definition) is 6. The Kier molecular flexibility index (Phi) is 3.96. The summed E-state index contributed by atoms with van der Waals surface area (Å²) in [5, 5.41) is 4.41. The second-order valence-electron chi connectivity index (χ2n) is 4.55. The highest BCUT2D eigenvalue weighted by molar-refractivity contribution is 7.18. The van der Waals surface area contributed by atoms with Crippen molar-refractivity contribution in [1.82, 2.24) is 15.0 Å². The highest BCUT2D eigenvalue weighted by Gasteiger charge is 2.08. The minimum atomic E-state index is 0.603. The Morgan fingerprint density at radius 3 is 3.05 bits per heavy atom. The molecule has 0 aliphatic rings. The molecule has 1 N–H and O–H groups in total. The summed E-state index contributed by atoms with van der Waals surface area (Å²) in [5.41, 5.74) is 1.01. The zero-order valence-corrected chi connectivity index (χ0v) is 12.8. The first kappa shape index (κ1) is 13.8. The average Bonchev–Trinajstić information content (AvgIpc) is 2.87. The van der Waals surface area contributed by atoms with E-state index in [2.05, 4.69) is 33.3 Å². The molecule has 0 aliphatic heterocycles. The van der Waals surface area contributed by atoms with Crippen LogP contribution in [0.1, 0.15) is 17.4 Å². The Hall–Kier alpha value is -2.21. The molecule has 0 radical (unpaired) electrons. The average molecular weight is 300 g/mol. The summed E-state index contributed by atoms with van der Waals surface area (Å²) in [5.74, 6) is 1.51. The summed E-state index contributed by atoms with van der Waals surface area (Å²) in [6.45, 7) is 5.24. The Balaban J connectivity index is 1.83. The van der Waals surface area contributed by atoms with Crippen LogP contribution in [0.4, 0.5) is 5.82 Å². The predicted molar refractivity (Wildman–Crippen MR) is 84.9 cm³/mol. The van der Waals surface area contributed by atoms with Crippen molar-refractivity contribution in [3.63, 3.8) is 0 Å². The van der Waals surface area contributed by atoms with Crippen molar-refractivity contribution >= 4 is 27.4 Å². The smallest absolute Gasteiger partial charge is 0.218 e. The van der Waals surface area contributed by atoms with Crippen molar-refractivity contribution < 1.29 is 4.74 Å². The molecule has 0 amide bonds. The van der Waals surface area contributed by atoms with Gasteiger partial charge >= 0.3 is 0 Å². The SMILES string of the molecule is CCOc1ncccc1CNc1ncnc2sc(C)cc12. The molecule has 21 heavy (non-hydrogen) atoms. The van der Waals surface area contributed by atoms with Crippen LogP contribution in [-0.2, 0) is 6.54 Å². The molecule has 6 heteroatoms. The second-order valence-corrected chi connectivity index (χ2v) is 5.79. The molecule has 5 nitrogen and oxygen atoms in total. The number of thiophene rings is 1. The third-order valence-electron chi connectivity index (χ3n) is 3.03. The molecule has 0 fully saturated rings. The van der Waals surface area contributed by atoms with Crippen LogP contribution in [0.2, 0.25) is 0 Å². The van der Waals surface area contributed by atoms with Gasteiger partial charge in [0.15, 0.2) is 0 Å². The maximum absolute atomic E-state index is 5.54. The van der Waals surface area contributed by atoms with Crippen molar-refractivity contribution in [3.8, 4) is 5.88 Å². The van der Waals surface area contributed by atoms with Gasteiger partial charge in [0.25, 0.3) is 0 Å². The quantitative estimate of drug-likeness (QED) is 0.782. The van der Waals surface area contributed by atoms with Crippen molar-refractivity contribution in [2.75, 3.05) is 11.9 Å². The monoisotopic (exact) mass is 300 g/mol. The van der Waals surface area contributed by atoms with Gasteiger partial charge in [-0.1, -0.05) is 6.07 Å². The normalized spacial score (nSPS) is 10.8. The lowest BCUT2D eigenvalue weighted by Crippen LogP contribution is -2.05. The second kappa shape index (κ2) is 6.05. The fourth-order valence-electron chi connectivity index (χ4n) is 2.12. The van der Waals surface area contributed by atoms with E-state index in [1.54, 1.807) is 23.9 Å². The maximum atomic E-state index is 5.54. The summed E-state index contributed by atoms with van der Waals surface area (Å²) < 4.78 is 5.54. The van der Waals surface area contributed by atoms with Crippen molar-refractivity contribution in [2.24, 2.45) is 0 Å². The Bertz CT molecular complexity index is 756. The van der Waals surface area contributed by atoms with E-state index in [0.29, 0.717) is 19.0 Å². The van der Waals surface area contributed by atoms with Crippen LogP contribution in [-0.4, -0.2) is 21.6 Å². The topological polar surface area (TPSA) is 59.9 Å². The molecule has 0 saturated heterocycles. The Morgan fingerprint density at radius 1 is 1.29 bits per heavy atom. The van der Waals surface area contributed by atoms with Gasteiger partial charge in [0, 0.05) is 23.2 Å². The van der Waals surface area contributed by atoms with Gasteiger partial charge in [0.2, 0.25) is 5.88 Å². The number of fused-ring (bicyclic) bond motifs is 1. The van der Waals surface area contributed by atoms with Crippen LogP contribution in [0.3, 0.4) is 0 Å². The fraction of sp³-hybridized carbons (Fsp3) is 0.267. The molecule has 0 atom stereocenters. The van der Waals surface area contributed by atoms with E-state index in [4.69, 9.17) is 4.74 Å². The van der Waals surface area contributed by atoms with Crippen LogP contribution in [0, 0.1) is 6.92 Å². The number of rotatable bonds is 5. The largest absolute Gasteiger partial charge is 0.478 e. The van der Waals surface area contributed by atoms with E-state index in [1.807, 2.05) is 19.1 Å². The molecular weight excluding hydrogens is 284 g/mol. The summed E-state index contributed by atoms with van der Waals surface area (Å²) in [6, 6.07) is 6.02. The van der Waals surface area contributed by atoms with Gasteiger partial charge in [-0.3, -0.25) is 0 Å². The molecule has 3 aromatic rings. The predicted octanol–water partition coefficient (Wildman–Crippen LogP) is 3.41. The number of pyridine rings is 1. The van der Waals surface area contributed by atoms with Crippen LogP contribution in [0.25, 0.3) is 10.2 Å². The van der Waals surface area contributed by atoms with Gasteiger partial charge in [0.1, 0.15) is 17.0 Å². The summed E-state index contributed by atoms with van der Waals surface area (Å²) >= 11 is 1.67. The summed E-state index contributed by atoms with van der Waals surface area (Å²) in [6.07, 6.45) is 3.33. The molecule has 0 aromatic carbocycles. The molecule has 0 unspecified atom stereocenters. The molecule has 0 bridgehead atoms. The minimum Gasteiger partial charge on any atom is -0.478 e. The Labute approximate surface area is 127 Å². The fourth-order valence-corrected chi connectivity index (χ4v) is 2.97. The zero-order valence-electron chi connectivity index (χ0n) is 12.0. The third-order valence-corrected chi connectivity index (χ3v) is 3.99. The van der Waals surface area contributed by atoms with Crippen LogP contribution in [0.15, 0.2) is 30.7 Å². The lowest BCUT2D eigenvalue weighted by Gasteiger charge is -2.10. The number of hydrogen-bond donors (Lipinski definition) is 1. The molecule has 3 heterocycles.